The van der Waals surface area contributed by atoms with Crippen LogP contribution in [0.25, 0.3) is 0 Å². The van der Waals surface area contributed by atoms with Crippen LogP contribution >= 0.6 is 0 Å². The average molecular weight is 223 g/mol. The quantitative estimate of drug-likeness (QED) is 0.718. The van der Waals surface area contributed by atoms with Crippen molar-refractivity contribution >= 4 is 0 Å². The molecule has 3 nitrogen and oxygen atoms in total. The largest absolute Gasteiger partial charge is 0.394 e. The fourth-order valence-corrected chi connectivity index (χ4v) is 1.73. The summed E-state index contributed by atoms with van der Waals surface area (Å²) in [6.07, 6.45) is 12.5. The molecule has 0 amide bonds. The van der Waals surface area contributed by atoms with Gasteiger partial charge in [-0.3, -0.25) is 0 Å². The molecule has 0 fully saturated rings. The number of allylic oxidation sites excluding steroid dienone is 5. The van der Waals surface area contributed by atoms with E-state index in [2.05, 4.69) is 12.2 Å². The SMILES string of the molecule is COCCC(N)(CO)CC1=CC=CC=CC1. The maximum atomic E-state index is 9.37. The fraction of sp³-hybridized carbons (Fsp3) is 0.538. The van der Waals surface area contributed by atoms with E-state index in [9.17, 15) is 5.11 Å². The Morgan fingerprint density at radius 1 is 1.44 bits per heavy atom. The third kappa shape index (κ3) is 4.31. The van der Waals surface area contributed by atoms with E-state index in [1.165, 1.54) is 5.57 Å². The van der Waals surface area contributed by atoms with E-state index < -0.39 is 5.54 Å². The summed E-state index contributed by atoms with van der Waals surface area (Å²) in [4.78, 5) is 0. The molecule has 0 aromatic carbocycles. The van der Waals surface area contributed by atoms with Crippen LogP contribution in [0.15, 0.2) is 36.0 Å². The Morgan fingerprint density at radius 3 is 2.94 bits per heavy atom. The van der Waals surface area contributed by atoms with Crippen LogP contribution in [-0.4, -0.2) is 31.0 Å². The van der Waals surface area contributed by atoms with Crippen molar-refractivity contribution < 1.29 is 9.84 Å². The summed E-state index contributed by atoms with van der Waals surface area (Å²) in [6, 6.07) is 0. The summed E-state index contributed by atoms with van der Waals surface area (Å²) in [5.41, 5.74) is 6.83. The molecule has 90 valence electrons. The first-order chi connectivity index (χ1) is 7.70. The molecule has 0 aromatic rings. The Balaban J connectivity index is 2.57. The molecule has 0 saturated heterocycles. The molecule has 1 aliphatic rings. The molecule has 16 heavy (non-hydrogen) atoms. The van der Waals surface area contributed by atoms with Gasteiger partial charge in [-0.15, -0.1) is 0 Å². The standard InChI is InChI=1S/C13H21NO2/c1-16-9-8-13(14,11-15)10-12-6-4-2-3-5-7-12/h2-6,15H,7-11,14H2,1H3. The third-order valence-electron chi connectivity index (χ3n) is 2.77. The van der Waals surface area contributed by atoms with Crippen molar-refractivity contribution in [2.45, 2.75) is 24.8 Å². The van der Waals surface area contributed by atoms with Gasteiger partial charge < -0.3 is 15.6 Å². The minimum atomic E-state index is -0.562. The lowest BCUT2D eigenvalue weighted by Crippen LogP contribution is -2.45. The third-order valence-corrected chi connectivity index (χ3v) is 2.77. The molecule has 1 unspecified atom stereocenters. The Bertz CT molecular complexity index is 294. The van der Waals surface area contributed by atoms with Crippen LogP contribution in [0.2, 0.25) is 0 Å². The van der Waals surface area contributed by atoms with Crippen LogP contribution in [0.1, 0.15) is 19.3 Å². The number of hydrogen-bond acceptors (Lipinski definition) is 3. The molecule has 0 radical (unpaired) electrons. The summed E-state index contributed by atoms with van der Waals surface area (Å²) in [5, 5.41) is 9.37. The highest BCUT2D eigenvalue weighted by Crippen LogP contribution is 2.21. The first-order valence-corrected chi connectivity index (χ1v) is 5.60. The van der Waals surface area contributed by atoms with Gasteiger partial charge in [0.1, 0.15) is 0 Å². The Hall–Kier alpha value is -0.900. The smallest absolute Gasteiger partial charge is 0.0615 e. The van der Waals surface area contributed by atoms with Crippen molar-refractivity contribution in [3.63, 3.8) is 0 Å². The van der Waals surface area contributed by atoms with Crippen LogP contribution in [0.4, 0.5) is 0 Å². The van der Waals surface area contributed by atoms with E-state index in [-0.39, 0.29) is 6.61 Å². The second-order valence-corrected chi connectivity index (χ2v) is 4.28. The Kier molecular flexibility index (Phi) is 5.46. The number of methoxy groups -OCH3 is 1. The zero-order chi connectivity index (χ0) is 11.9. The van der Waals surface area contributed by atoms with Gasteiger partial charge in [-0.2, -0.15) is 0 Å². The highest BCUT2D eigenvalue weighted by molar-refractivity contribution is 5.24. The van der Waals surface area contributed by atoms with Crippen molar-refractivity contribution in [2.75, 3.05) is 20.3 Å². The van der Waals surface area contributed by atoms with Crippen molar-refractivity contribution in [1.29, 1.82) is 0 Å². The van der Waals surface area contributed by atoms with E-state index in [1.807, 2.05) is 18.2 Å². The van der Waals surface area contributed by atoms with Crippen LogP contribution < -0.4 is 5.73 Å². The number of aliphatic hydroxyl groups excluding tert-OH is 1. The molecule has 1 rings (SSSR count). The number of nitrogens with two attached hydrogens (primary N) is 1. The molecule has 0 saturated carbocycles. The monoisotopic (exact) mass is 223 g/mol. The average Bonchev–Trinajstić information content (AvgIpc) is 2.55. The first-order valence-electron chi connectivity index (χ1n) is 5.60. The molecule has 0 spiro atoms. The first kappa shape index (κ1) is 13.2. The summed E-state index contributed by atoms with van der Waals surface area (Å²) in [5.74, 6) is 0. The number of hydrogen-bond donors (Lipinski definition) is 2. The van der Waals surface area contributed by atoms with Crippen LogP contribution in [-0.2, 0) is 4.74 Å². The van der Waals surface area contributed by atoms with E-state index in [4.69, 9.17) is 10.5 Å². The number of aliphatic hydroxyl groups is 1. The number of rotatable bonds is 6. The second kappa shape index (κ2) is 6.63. The van der Waals surface area contributed by atoms with E-state index in [1.54, 1.807) is 7.11 Å². The molecule has 1 aliphatic carbocycles. The van der Waals surface area contributed by atoms with Crippen molar-refractivity contribution in [3.05, 3.63) is 36.0 Å². The van der Waals surface area contributed by atoms with Crippen LogP contribution in [0.5, 0.6) is 0 Å². The topological polar surface area (TPSA) is 55.5 Å². The summed E-state index contributed by atoms with van der Waals surface area (Å²) >= 11 is 0. The fourth-order valence-electron chi connectivity index (χ4n) is 1.73. The van der Waals surface area contributed by atoms with Gasteiger partial charge in [-0.1, -0.05) is 36.0 Å². The molecular weight excluding hydrogens is 202 g/mol. The summed E-state index contributed by atoms with van der Waals surface area (Å²) in [6.45, 7) is 0.567. The molecule has 0 bridgehead atoms. The molecule has 3 N–H and O–H groups in total. The van der Waals surface area contributed by atoms with Gasteiger partial charge in [-0.05, 0) is 19.3 Å². The van der Waals surface area contributed by atoms with Gasteiger partial charge in [0.05, 0.1) is 6.61 Å². The van der Waals surface area contributed by atoms with Gasteiger partial charge >= 0.3 is 0 Å². The maximum Gasteiger partial charge on any atom is 0.0615 e. The molecule has 0 aromatic heterocycles. The van der Waals surface area contributed by atoms with Gasteiger partial charge in [-0.25, -0.2) is 0 Å². The predicted octanol–water partition coefficient (Wildman–Crippen LogP) is 1.55. The predicted molar refractivity (Wildman–Crippen MR) is 66.1 cm³/mol. The zero-order valence-corrected chi connectivity index (χ0v) is 9.86. The summed E-state index contributed by atoms with van der Waals surface area (Å²) < 4.78 is 5.01. The highest BCUT2D eigenvalue weighted by Gasteiger charge is 2.24. The number of ether oxygens (including phenoxy) is 1. The molecule has 3 heteroatoms. The minimum Gasteiger partial charge on any atom is -0.394 e. The van der Waals surface area contributed by atoms with Crippen molar-refractivity contribution in [3.8, 4) is 0 Å². The van der Waals surface area contributed by atoms with Gasteiger partial charge in [0.2, 0.25) is 0 Å². The summed E-state index contributed by atoms with van der Waals surface area (Å²) in [7, 11) is 1.65. The van der Waals surface area contributed by atoms with Gasteiger partial charge in [0.25, 0.3) is 0 Å². The molecular formula is C13H21NO2. The normalized spacial score (nSPS) is 19.1. The zero-order valence-electron chi connectivity index (χ0n) is 9.86. The second-order valence-electron chi connectivity index (χ2n) is 4.28. The molecule has 1 atom stereocenters. The van der Waals surface area contributed by atoms with Crippen LogP contribution in [0.3, 0.4) is 0 Å². The van der Waals surface area contributed by atoms with Gasteiger partial charge in [0.15, 0.2) is 0 Å². The Morgan fingerprint density at radius 2 is 2.25 bits per heavy atom. The van der Waals surface area contributed by atoms with Gasteiger partial charge in [0, 0.05) is 19.3 Å². The lowest BCUT2D eigenvalue weighted by atomic mass is 9.88. The van der Waals surface area contributed by atoms with E-state index >= 15 is 0 Å². The molecule has 0 heterocycles. The van der Waals surface area contributed by atoms with E-state index in [0.717, 1.165) is 6.42 Å². The lowest BCUT2D eigenvalue weighted by Gasteiger charge is -2.28. The highest BCUT2D eigenvalue weighted by atomic mass is 16.5. The van der Waals surface area contributed by atoms with Crippen molar-refractivity contribution in [2.24, 2.45) is 5.73 Å². The van der Waals surface area contributed by atoms with Crippen LogP contribution in [0, 0.1) is 0 Å². The lowest BCUT2D eigenvalue weighted by molar-refractivity contribution is 0.128. The van der Waals surface area contributed by atoms with E-state index in [0.29, 0.717) is 19.4 Å². The minimum absolute atomic E-state index is 0.0128. The molecule has 0 aliphatic heterocycles. The Labute approximate surface area is 97.3 Å². The van der Waals surface area contributed by atoms with Crippen molar-refractivity contribution in [1.82, 2.24) is 0 Å². The maximum absolute atomic E-state index is 9.37.